The van der Waals surface area contributed by atoms with Gasteiger partial charge in [0, 0.05) is 5.39 Å². The molecule has 2 aliphatic carbocycles. The van der Waals surface area contributed by atoms with Gasteiger partial charge in [0.25, 0.3) is 0 Å². The highest BCUT2D eigenvalue weighted by atomic mass is 35.5. The number of nitrogens with one attached hydrogen (secondary N) is 1. The first kappa shape index (κ1) is 13.7. The highest BCUT2D eigenvalue weighted by Gasteiger charge is 2.44. The van der Waals surface area contributed by atoms with Crippen LogP contribution in [-0.2, 0) is 0 Å². The number of para-hydroxylation sites is 1. The first-order valence-corrected chi connectivity index (χ1v) is 8.55. The van der Waals surface area contributed by atoms with Gasteiger partial charge in [0.2, 0.25) is 0 Å². The molecule has 0 amide bonds. The molecule has 3 heteroatoms. The summed E-state index contributed by atoms with van der Waals surface area (Å²) in [6.07, 6.45) is 5.62. The average molecular weight is 304 g/mol. The molecule has 4 atom stereocenters. The van der Waals surface area contributed by atoms with Gasteiger partial charge in [-0.2, -0.15) is 0 Å². The minimum atomic E-state index is 0.341. The van der Waals surface area contributed by atoms with Crippen molar-refractivity contribution in [2.75, 3.05) is 6.54 Å². The lowest BCUT2D eigenvalue weighted by atomic mass is 9.82. The topological polar surface area (TPSA) is 25.2 Å². The molecule has 2 saturated carbocycles. The Morgan fingerprint density at radius 3 is 2.90 bits per heavy atom. The van der Waals surface area contributed by atoms with Crippen LogP contribution in [-0.4, -0.2) is 6.54 Å². The van der Waals surface area contributed by atoms with E-state index >= 15 is 0 Å². The molecule has 2 aliphatic rings. The Bertz CT molecular complexity index is 650. The van der Waals surface area contributed by atoms with E-state index in [4.69, 9.17) is 16.0 Å². The molecule has 4 unspecified atom stereocenters. The minimum Gasteiger partial charge on any atom is -0.458 e. The molecule has 0 radical (unpaired) electrons. The molecule has 2 fully saturated rings. The fourth-order valence-corrected chi connectivity index (χ4v) is 4.81. The van der Waals surface area contributed by atoms with Crippen molar-refractivity contribution < 1.29 is 4.42 Å². The van der Waals surface area contributed by atoms with E-state index in [1.807, 2.05) is 12.1 Å². The van der Waals surface area contributed by atoms with Crippen molar-refractivity contribution in [1.82, 2.24) is 5.32 Å². The SMILES string of the molecule is CCNC(c1cc2cccc(Cl)c2o1)C1CC2CCC1C2. The van der Waals surface area contributed by atoms with E-state index in [9.17, 15) is 0 Å². The molecule has 1 heterocycles. The zero-order valence-electron chi connectivity index (χ0n) is 12.4. The minimum absolute atomic E-state index is 0.341. The summed E-state index contributed by atoms with van der Waals surface area (Å²) in [5.74, 6) is 3.62. The molecule has 4 rings (SSSR count). The van der Waals surface area contributed by atoms with Crippen LogP contribution in [0.4, 0.5) is 0 Å². The van der Waals surface area contributed by atoms with Crippen molar-refractivity contribution in [2.24, 2.45) is 17.8 Å². The maximum absolute atomic E-state index is 6.26. The van der Waals surface area contributed by atoms with E-state index in [-0.39, 0.29) is 0 Å². The Labute approximate surface area is 130 Å². The van der Waals surface area contributed by atoms with Crippen molar-refractivity contribution in [3.63, 3.8) is 0 Å². The Balaban J connectivity index is 1.70. The van der Waals surface area contributed by atoms with Crippen molar-refractivity contribution in [3.8, 4) is 0 Å². The van der Waals surface area contributed by atoms with E-state index in [0.717, 1.165) is 41.0 Å². The predicted octanol–water partition coefficient (Wildman–Crippen LogP) is 5.17. The molecular weight excluding hydrogens is 282 g/mol. The number of halogens is 1. The maximum atomic E-state index is 6.26. The van der Waals surface area contributed by atoms with Gasteiger partial charge in [-0.25, -0.2) is 0 Å². The third kappa shape index (κ3) is 2.29. The quantitative estimate of drug-likeness (QED) is 0.842. The Morgan fingerprint density at radius 1 is 1.33 bits per heavy atom. The number of rotatable bonds is 4. The summed E-state index contributed by atoms with van der Waals surface area (Å²) in [5.41, 5.74) is 0.834. The molecule has 2 aromatic rings. The second-order valence-electron chi connectivity index (χ2n) is 6.68. The summed E-state index contributed by atoms with van der Waals surface area (Å²) in [6, 6.07) is 8.49. The fourth-order valence-electron chi connectivity index (χ4n) is 4.59. The second kappa shape index (κ2) is 5.33. The lowest BCUT2D eigenvalue weighted by Gasteiger charge is -2.29. The number of hydrogen-bond donors (Lipinski definition) is 1. The van der Waals surface area contributed by atoms with Gasteiger partial charge in [-0.1, -0.05) is 37.1 Å². The van der Waals surface area contributed by atoms with Crippen LogP contribution in [0.2, 0.25) is 5.02 Å². The smallest absolute Gasteiger partial charge is 0.152 e. The van der Waals surface area contributed by atoms with Crippen LogP contribution < -0.4 is 5.32 Å². The van der Waals surface area contributed by atoms with Gasteiger partial charge in [-0.05, 0) is 55.7 Å². The average Bonchev–Trinajstić information content (AvgIpc) is 3.19. The maximum Gasteiger partial charge on any atom is 0.152 e. The van der Waals surface area contributed by atoms with Crippen molar-refractivity contribution >= 4 is 22.6 Å². The number of hydrogen-bond acceptors (Lipinski definition) is 2. The van der Waals surface area contributed by atoms with Gasteiger partial charge in [-0.3, -0.25) is 0 Å². The summed E-state index contributed by atoms with van der Waals surface area (Å²) < 4.78 is 6.14. The predicted molar refractivity (Wildman–Crippen MR) is 86.6 cm³/mol. The van der Waals surface area contributed by atoms with Gasteiger partial charge >= 0.3 is 0 Å². The Kier molecular flexibility index (Phi) is 3.47. The van der Waals surface area contributed by atoms with Gasteiger partial charge < -0.3 is 9.73 Å². The summed E-state index contributed by atoms with van der Waals surface area (Å²) >= 11 is 6.26. The zero-order valence-corrected chi connectivity index (χ0v) is 13.2. The van der Waals surface area contributed by atoms with E-state index in [2.05, 4.69) is 24.4 Å². The molecule has 0 saturated heterocycles. The number of fused-ring (bicyclic) bond motifs is 3. The molecule has 0 spiro atoms. The first-order valence-electron chi connectivity index (χ1n) is 8.17. The van der Waals surface area contributed by atoms with Crippen LogP contribution in [0.5, 0.6) is 0 Å². The highest BCUT2D eigenvalue weighted by molar-refractivity contribution is 6.34. The first-order chi connectivity index (χ1) is 10.3. The monoisotopic (exact) mass is 303 g/mol. The van der Waals surface area contributed by atoms with Crippen LogP contribution in [0.15, 0.2) is 28.7 Å². The Hall–Kier alpha value is -0.990. The molecule has 1 N–H and O–H groups in total. The van der Waals surface area contributed by atoms with Crippen LogP contribution in [0.1, 0.15) is 44.4 Å². The van der Waals surface area contributed by atoms with Gasteiger partial charge in [0.15, 0.2) is 5.58 Å². The normalized spacial score (nSPS) is 29.3. The summed E-state index contributed by atoms with van der Waals surface area (Å²) in [7, 11) is 0. The highest BCUT2D eigenvalue weighted by Crippen LogP contribution is 2.53. The Morgan fingerprint density at radius 2 is 2.24 bits per heavy atom. The molecule has 21 heavy (non-hydrogen) atoms. The number of furan rings is 1. The van der Waals surface area contributed by atoms with E-state index in [0.29, 0.717) is 11.1 Å². The third-order valence-electron chi connectivity index (χ3n) is 5.47. The van der Waals surface area contributed by atoms with Crippen LogP contribution in [0.3, 0.4) is 0 Å². The van der Waals surface area contributed by atoms with Crippen LogP contribution >= 0.6 is 11.6 Å². The molecular formula is C18H22ClNO. The van der Waals surface area contributed by atoms with Gasteiger partial charge in [-0.15, -0.1) is 0 Å². The number of benzene rings is 1. The lowest BCUT2D eigenvalue weighted by Crippen LogP contribution is -2.31. The van der Waals surface area contributed by atoms with Crippen LogP contribution in [0, 0.1) is 17.8 Å². The summed E-state index contributed by atoms with van der Waals surface area (Å²) in [4.78, 5) is 0. The largest absolute Gasteiger partial charge is 0.458 e. The van der Waals surface area contributed by atoms with Gasteiger partial charge in [0.05, 0.1) is 11.1 Å². The van der Waals surface area contributed by atoms with E-state index in [1.165, 1.54) is 25.7 Å². The second-order valence-corrected chi connectivity index (χ2v) is 7.09. The molecule has 0 aliphatic heterocycles. The van der Waals surface area contributed by atoms with Crippen molar-refractivity contribution in [2.45, 2.75) is 38.6 Å². The third-order valence-corrected chi connectivity index (χ3v) is 5.76. The molecule has 112 valence electrons. The lowest BCUT2D eigenvalue weighted by molar-refractivity contribution is 0.231. The molecule has 1 aromatic carbocycles. The zero-order chi connectivity index (χ0) is 14.4. The van der Waals surface area contributed by atoms with Crippen LogP contribution in [0.25, 0.3) is 11.0 Å². The van der Waals surface area contributed by atoms with Gasteiger partial charge in [0.1, 0.15) is 5.76 Å². The molecule has 2 bridgehead atoms. The summed E-state index contributed by atoms with van der Waals surface area (Å²) in [6.45, 7) is 3.15. The van der Waals surface area contributed by atoms with Crippen molar-refractivity contribution in [3.05, 3.63) is 35.0 Å². The standard InChI is InChI=1S/C18H22ClNO/c1-2-20-17(14-9-11-6-7-12(14)8-11)16-10-13-4-3-5-15(19)18(13)21-16/h3-5,10-12,14,17,20H,2,6-9H2,1H3. The molecule has 1 aromatic heterocycles. The molecule has 2 nitrogen and oxygen atoms in total. The fraction of sp³-hybridized carbons (Fsp3) is 0.556. The van der Waals surface area contributed by atoms with E-state index in [1.54, 1.807) is 0 Å². The van der Waals surface area contributed by atoms with E-state index < -0.39 is 0 Å². The van der Waals surface area contributed by atoms with Crippen molar-refractivity contribution in [1.29, 1.82) is 0 Å². The summed E-state index contributed by atoms with van der Waals surface area (Å²) in [5, 5.41) is 5.49.